The molecule has 2 fully saturated rings. The van der Waals surface area contributed by atoms with E-state index >= 15 is 0 Å². The summed E-state index contributed by atoms with van der Waals surface area (Å²) >= 11 is 0. The van der Waals surface area contributed by atoms with Gasteiger partial charge in [-0.2, -0.15) is 0 Å². The van der Waals surface area contributed by atoms with Crippen molar-refractivity contribution in [1.82, 2.24) is 14.8 Å². The maximum Gasteiger partial charge on any atom is 0.272 e. The minimum absolute atomic E-state index is 0.0925. The lowest BCUT2D eigenvalue weighted by molar-refractivity contribution is 0.0477. The second kappa shape index (κ2) is 9.70. The topological polar surface area (TPSA) is 49.6 Å². The van der Waals surface area contributed by atoms with Gasteiger partial charge in [-0.1, -0.05) is 36.4 Å². The summed E-state index contributed by atoms with van der Waals surface area (Å²) in [6.07, 6.45) is 10.6. The van der Waals surface area contributed by atoms with Crippen LogP contribution in [0.15, 0.2) is 77.7 Å². The van der Waals surface area contributed by atoms with Crippen molar-refractivity contribution in [3.05, 3.63) is 90.1 Å². The van der Waals surface area contributed by atoms with Gasteiger partial charge in [0.05, 0.1) is 12.5 Å². The first kappa shape index (κ1) is 21.0. The van der Waals surface area contributed by atoms with Gasteiger partial charge in [0.25, 0.3) is 5.91 Å². The van der Waals surface area contributed by atoms with Crippen molar-refractivity contribution >= 4 is 5.91 Å². The maximum absolute atomic E-state index is 13.6. The zero-order valence-corrected chi connectivity index (χ0v) is 18.5. The molecule has 3 aromatic rings. The standard InChI is InChI=1S/C27H31N3O2/c31-27(25-8-4-5-14-28-25)30(24-9-10-24)26(18-21-6-2-1-3-7-21)23-11-15-29(16-12-23)19-22-13-17-32-20-22/h1-8,13-14,17,20,23-24,26H,9-12,15-16,18-19H2/t26-/m0/s1. The van der Waals surface area contributed by atoms with Gasteiger partial charge in [0.15, 0.2) is 0 Å². The highest BCUT2D eigenvalue weighted by Crippen LogP contribution is 2.36. The molecule has 0 unspecified atom stereocenters. The quantitative estimate of drug-likeness (QED) is 0.516. The molecule has 1 aromatic carbocycles. The molecule has 0 bridgehead atoms. The second-order valence-electron chi connectivity index (χ2n) is 9.16. The number of piperidine rings is 1. The highest BCUT2D eigenvalue weighted by molar-refractivity contribution is 5.93. The van der Waals surface area contributed by atoms with Gasteiger partial charge in [0.2, 0.25) is 0 Å². The number of rotatable bonds is 8. The van der Waals surface area contributed by atoms with Gasteiger partial charge < -0.3 is 9.32 Å². The van der Waals surface area contributed by atoms with Crippen LogP contribution >= 0.6 is 0 Å². The van der Waals surface area contributed by atoms with Crippen molar-refractivity contribution in [2.45, 2.75) is 50.7 Å². The average Bonchev–Trinajstić information content (AvgIpc) is 3.55. The van der Waals surface area contributed by atoms with E-state index in [2.05, 4.69) is 45.1 Å². The first-order valence-corrected chi connectivity index (χ1v) is 11.8. The van der Waals surface area contributed by atoms with Crippen LogP contribution in [0.25, 0.3) is 0 Å². The second-order valence-corrected chi connectivity index (χ2v) is 9.16. The lowest BCUT2D eigenvalue weighted by Gasteiger charge is -2.41. The van der Waals surface area contributed by atoms with Crippen molar-refractivity contribution in [2.24, 2.45) is 5.92 Å². The van der Waals surface area contributed by atoms with Crippen molar-refractivity contribution in [1.29, 1.82) is 0 Å². The third-order valence-electron chi connectivity index (χ3n) is 6.87. The molecular formula is C27H31N3O2. The number of carbonyl (C=O) groups is 1. The number of nitrogens with zero attached hydrogens (tertiary/aromatic N) is 3. The number of hydrogen-bond donors (Lipinski definition) is 0. The molecule has 166 valence electrons. The van der Waals surface area contributed by atoms with Gasteiger partial charge in [0.1, 0.15) is 5.69 Å². The summed E-state index contributed by atoms with van der Waals surface area (Å²) in [5.41, 5.74) is 3.10. The molecule has 5 rings (SSSR count). The fourth-order valence-corrected chi connectivity index (χ4v) is 5.05. The van der Waals surface area contributed by atoms with Crippen LogP contribution in [-0.2, 0) is 13.0 Å². The normalized spacial score (nSPS) is 18.4. The van der Waals surface area contributed by atoms with E-state index in [4.69, 9.17) is 4.42 Å². The number of amides is 1. The SMILES string of the molecule is O=C(c1ccccn1)N(C1CC1)[C@@H](Cc1ccccc1)C1CCN(Cc2ccoc2)CC1. The van der Waals surface area contributed by atoms with E-state index in [0.717, 1.165) is 51.7 Å². The molecule has 1 aliphatic heterocycles. The van der Waals surface area contributed by atoms with Gasteiger partial charge in [-0.3, -0.25) is 14.7 Å². The molecule has 5 heteroatoms. The Balaban J connectivity index is 1.36. The number of likely N-dealkylation sites (tertiary alicyclic amines) is 1. The van der Waals surface area contributed by atoms with E-state index < -0.39 is 0 Å². The summed E-state index contributed by atoms with van der Waals surface area (Å²) in [5, 5.41) is 0. The summed E-state index contributed by atoms with van der Waals surface area (Å²) in [6.45, 7) is 3.04. The van der Waals surface area contributed by atoms with Crippen LogP contribution in [0, 0.1) is 5.92 Å². The van der Waals surface area contributed by atoms with E-state index in [1.165, 1.54) is 11.1 Å². The third-order valence-corrected chi connectivity index (χ3v) is 6.87. The Bertz CT molecular complexity index is 978. The van der Waals surface area contributed by atoms with Gasteiger partial charge >= 0.3 is 0 Å². The molecule has 0 spiro atoms. The minimum atomic E-state index is 0.0925. The van der Waals surface area contributed by atoms with E-state index in [9.17, 15) is 4.79 Å². The van der Waals surface area contributed by atoms with Crippen LogP contribution in [0.4, 0.5) is 0 Å². The predicted molar refractivity (Wildman–Crippen MR) is 124 cm³/mol. The highest BCUT2D eigenvalue weighted by atomic mass is 16.3. The molecule has 5 nitrogen and oxygen atoms in total. The molecule has 1 atom stereocenters. The van der Waals surface area contributed by atoms with Crippen LogP contribution in [-0.4, -0.2) is 45.9 Å². The summed E-state index contributed by atoms with van der Waals surface area (Å²) in [6, 6.07) is 18.9. The zero-order chi connectivity index (χ0) is 21.8. The summed E-state index contributed by atoms with van der Waals surface area (Å²) < 4.78 is 5.24. The van der Waals surface area contributed by atoms with Crippen molar-refractivity contribution < 1.29 is 9.21 Å². The number of furan rings is 1. The maximum atomic E-state index is 13.6. The summed E-state index contributed by atoms with van der Waals surface area (Å²) in [4.78, 5) is 22.7. The molecule has 32 heavy (non-hydrogen) atoms. The molecule has 0 N–H and O–H groups in total. The van der Waals surface area contributed by atoms with Crippen LogP contribution in [0.5, 0.6) is 0 Å². The van der Waals surface area contributed by atoms with Gasteiger partial charge in [-0.25, -0.2) is 0 Å². The molecule has 2 aliphatic rings. The predicted octanol–water partition coefficient (Wildman–Crippen LogP) is 4.80. The number of aromatic nitrogens is 1. The molecule has 2 aromatic heterocycles. The molecule has 1 saturated carbocycles. The highest BCUT2D eigenvalue weighted by Gasteiger charge is 2.41. The first-order valence-electron chi connectivity index (χ1n) is 11.8. The fourth-order valence-electron chi connectivity index (χ4n) is 5.05. The largest absolute Gasteiger partial charge is 0.472 e. The number of carbonyl (C=O) groups excluding carboxylic acids is 1. The van der Waals surface area contributed by atoms with Crippen LogP contribution in [0.2, 0.25) is 0 Å². The van der Waals surface area contributed by atoms with Gasteiger partial charge in [0, 0.05) is 30.4 Å². The molecule has 1 saturated heterocycles. The molecule has 3 heterocycles. The molecule has 0 radical (unpaired) electrons. The van der Waals surface area contributed by atoms with Crippen molar-refractivity contribution in [2.75, 3.05) is 13.1 Å². The Labute approximate surface area is 190 Å². The molecular weight excluding hydrogens is 398 g/mol. The Morgan fingerprint density at radius 2 is 1.78 bits per heavy atom. The molecule has 1 amide bonds. The van der Waals surface area contributed by atoms with Gasteiger partial charge in [-0.05, 0) is 74.9 Å². The first-order chi connectivity index (χ1) is 15.8. The Hall–Kier alpha value is -2.92. The van der Waals surface area contributed by atoms with Gasteiger partial charge in [-0.15, -0.1) is 0 Å². The van der Waals surface area contributed by atoms with Crippen LogP contribution < -0.4 is 0 Å². The van der Waals surface area contributed by atoms with E-state index in [0.29, 0.717) is 17.7 Å². The summed E-state index contributed by atoms with van der Waals surface area (Å²) in [7, 11) is 0. The van der Waals surface area contributed by atoms with Crippen LogP contribution in [0.3, 0.4) is 0 Å². The minimum Gasteiger partial charge on any atom is -0.472 e. The summed E-state index contributed by atoms with van der Waals surface area (Å²) in [5.74, 6) is 0.582. The number of benzene rings is 1. The van der Waals surface area contributed by atoms with E-state index in [1.807, 2.05) is 30.5 Å². The van der Waals surface area contributed by atoms with Crippen molar-refractivity contribution in [3.8, 4) is 0 Å². The third kappa shape index (κ3) is 4.94. The van der Waals surface area contributed by atoms with Crippen LogP contribution in [0.1, 0.15) is 47.3 Å². The Morgan fingerprint density at radius 1 is 1.00 bits per heavy atom. The Morgan fingerprint density at radius 3 is 2.44 bits per heavy atom. The fraction of sp³-hybridized carbons (Fsp3) is 0.407. The number of hydrogen-bond acceptors (Lipinski definition) is 4. The number of pyridine rings is 1. The zero-order valence-electron chi connectivity index (χ0n) is 18.5. The lowest BCUT2D eigenvalue weighted by atomic mass is 9.84. The van der Waals surface area contributed by atoms with E-state index in [1.54, 1.807) is 12.5 Å². The van der Waals surface area contributed by atoms with E-state index in [-0.39, 0.29) is 11.9 Å². The van der Waals surface area contributed by atoms with Crippen molar-refractivity contribution in [3.63, 3.8) is 0 Å². The average molecular weight is 430 g/mol. The smallest absolute Gasteiger partial charge is 0.272 e. The molecule has 1 aliphatic carbocycles. The monoisotopic (exact) mass is 429 g/mol. The lowest BCUT2D eigenvalue weighted by Crippen LogP contribution is -2.50. The Kier molecular flexibility index (Phi) is 6.35.